The second-order valence-electron chi connectivity index (χ2n) is 7.97. The highest BCUT2D eigenvalue weighted by Crippen LogP contribution is 2.31. The zero-order valence-corrected chi connectivity index (χ0v) is 17.6. The Balaban J connectivity index is 1.74. The monoisotopic (exact) mass is 410 g/mol. The second-order valence-corrected chi connectivity index (χ2v) is 7.97. The van der Waals surface area contributed by atoms with Gasteiger partial charge in [0.25, 0.3) is 0 Å². The standard InChI is InChI=1S/C21H26N6O3/c1-13(2)12-30-18-11-24-15(10-25-18)16(28)7-14-5-6-23-17(8-14)21(3)9-19(29)27(4)20(22)26-21/h5-6,8,10-11,13H,7,9,12H2,1-4H3,(H2,22,26). The van der Waals surface area contributed by atoms with E-state index in [1.54, 1.807) is 32.3 Å². The lowest BCUT2D eigenvalue weighted by Crippen LogP contribution is -2.47. The molecular formula is C21H26N6O3. The van der Waals surface area contributed by atoms with Gasteiger partial charge in [-0.25, -0.2) is 15.0 Å². The van der Waals surface area contributed by atoms with Gasteiger partial charge in [0.1, 0.15) is 11.2 Å². The van der Waals surface area contributed by atoms with Crippen molar-refractivity contribution in [2.24, 2.45) is 16.6 Å². The highest BCUT2D eigenvalue weighted by Gasteiger charge is 2.37. The van der Waals surface area contributed by atoms with E-state index in [1.165, 1.54) is 17.3 Å². The minimum Gasteiger partial charge on any atom is -0.476 e. The number of ether oxygens (including phenoxy) is 1. The molecule has 1 amide bonds. The molecule has 9 heteroatoms. The van der Waals surface area contributed by atoms with Crippen molar-refractivity contribution in [1.82, 2.24) is 19.9 Å². The number of carbonyl (C=O) groups is 2. The minimum absolute atomic E-state index is 0.125. The van der Waals surface area contributed by atoms with E-state index in [4.69, 9.17) is 10.5 Å². The van der Waals surface area contributed by atoms with Gasteiger partial charge in [-0.3, -0.25) is 19.5 Å². The molecule has 0 saturated heterocycles. The lowest BCUT2D eigenvalue weighted by Gasteiger charge is -2.32. The molecule has 2 N–H and O–H groups in total. The van der Waals surface area contributed by atoms with Crippen LogP contribution in [0.3, 0.4) is 0 Å². The summed E-state index contributed by atoms with van der Waals surface area (Å²) in [5.74, 6) is 0.593. The van der Waals surface area contributed by atoms with E-state index in [9.17, 15) is 9.59 Å². The molecule has 0 fully saturated rings. The average molecular weight is 410 g/mol. The molecule has 1 aliphatic rings. The van der Waals surface area contributed by atoms with E-state index in [0.717, 1.165) is 5.56 Å². The predicted molar refractivity (Wildman–Crippen MR) is 111 cm³/mol. The SMILES string of the molecule is CC(C)COc1cnc(C(=O)Cc2ccnc(C3(C)CC(=O)N(C)C(N)=N3)c2)cn1. The van der Waals surface area contributed by atoms with Crippen molar-refractivity contribution in [3.05, 3.63) is 47.7 Å². The predicted octanol–water partition coefficient (Wildman–Crippen LogP) is 1.72. The first kappa shape index (κ1) is 21.4. The van der Waals surface area contributed by atoms with Crippen LogP contribution in [0, 0.1) is 5.92 Å². The Bertz CT molecular complexity index is 973. The van der Waals surface area contributed by atoms with Gasteiger partial charge < -0.3 is 10.5 Å². The molecule has 9 nitrogen and oxygen atoms in total. The molecule has 0 saturated carbocycles. The van der Waals surface area contributed by atoms with E-state index in [2.05, 4.69) is 19.9 Å². The smallest absolute Gasteiger partial charge is 0.232 e. The summed E-state index contributed by atoms with van der Waals surface area (Å²) in [5.41, 5.74) is 6.59. The molecular weight excluding hydrogens is 384 g/mol. The van der Waals surface area contributed by atoms with Gasteiger partial charge in [0.05, 0.1) is 31.1 Å². The summed E-state index contributed by atoms with van der Waals surface area (Å²) in [7, 11) is 1.59. The van der Waals surface area contributed by atoms with Crippen LogP contribution in [0.25, 0.3) is 0 Å². The number of ketones is 1. The zero-order valence-electron chi connectivity index (χ0n) is 17.6. The number of rotatable bonds is 7. The molecule has 3 rings (SSSR count). The average Bonchev–Trinajstić information content (AvgIpc) is 2.71. The number of Topliss-reactive ketones (excluding diaryl/α,β-unsaturated/α-hetero) is 1. The molecule has 1 atom stereocenters. The van der Waals surface area contributed by atoms with Gasteiger partial charge in [-0.15, -0.1) is 0 Å². The number of nitrogens with two attached hydrogens (primary N) is 1. The number of pyridine rings is 1. The molecule has 0 spiro atoms. The maximum atomic E-state index is 12.6. The molecule has 3 heterocycles. The molecule has 0 bridgehead atoms. The van der Waals surface area contributed by atoms with Crippen LogP contribution in [0.4, 0.5) is 0 Å². The first-order chi connectivity index (χ1) is 14.2. The molecule has 0 aliphatic carbocycles. The fraction of sp³-hybridized carbons (Fsp3) is 0.429. The third-order valence-corrected chi connectivity index (χ3v) is 4.79. The van der Waals surface area contributed by atoms with Gasteiger partial charge in [-0.1, -0.05) is 13.8 Å². The van der Waals surface area contributed by atoms with Crippen LogP contribution >= 0.6 is 0 Å². The Labute approximate surface area is 175 Å². The molecule has 2 aromatic rings. The van der Waals surface area contributed by atoms with Crippen molar-refractivity contribution < 1.29 is 14.3 Å². The molecule has 0 aromatic carbocycles. The fourth-order valence-electron chi connectivity index (χ4n) is 3.00. The van der Waals surface area contributed by atoms with Gasteiger partial charge in [-0.05, 0) is 30.5 Å². The Morgan fingerprint density at radius 2 is 2.07 bits per heavy atom. The van der Waals surface area contributed by atoms with Crippen LogP contribution < -0.4 is 10.5 Å². The van der Waals surface area contributed by atoms with Gasteiger partial charge >= 0.3 is 0 Å². The van der Waals surface area contributed by atoms with E-state index >= 15 is 0 Å². The van der Waals surface area contributed by atoms with Crippen molar-refractivity contribution in [1.29, 1.82) is 0 Å². The summed E-state index contributed by atoms with van der Waals surface area (Å²) in [6.45, 7) is 6.41. The summed E-state index contributed by atoms with van der Waals surface area (Å²) in [6.07, 6.45) is 4.75. The third-order valence-electron chi connectivity index (χ3n) is 4.79. The molecule has 2 aromatic heterocycles. The maximum Gasteiger partial charge on any atom is 0.232 e. The molecule has 158 valence electrons. The number of amides is 1. The van der Waals surface area contributed by atoms with Crippen molar-refractivity contribution in [3.8, 4) is 5.88 Å². The highest BCUT2D eigenvalue weighted by molar-refractivity contribution is 5.98. The number of aromatic nitrogens is 3. The number of aliphatic imine (C=N–C) groups is 1. The quantitative estimate of drug-likeness (QED) is 0.689. The van der Waals surface area contributed by atoms with Gasteiger partial charge in [-0.2, -0.15) is 0 Å². The van der Waals surface area contributed by atoms with Crippen LogP contribution in [0.15, 0.2) is 35.7 Å². The largest absolute Gasteiger partial charge is 0.476 e. The summed E-state index contributed by atoms with van der Waals surface area (Å²) in [5, 5.41) is 0. The van der Waals surface area contributed by atoms with Crippen molar-refractivity contribution in [2.75, 3.05) is 13.7 Å². The number of hydrogen-bond acceptors (Lipinski definition) is 8. The molecule has 1 aliphatic heterocycles. The van der Waals surface area contributed by atoms with Gasteiger partial charge in [0, 0.05) is 19.7 Å². The minimum atomic E-state index is -0.873. The molecule has 30 heavy (non-hydrogen) atoms. The second kappa shape index (κ2) is 8.56. The maximum absolute atomic E-state index is 12.6. The lowest BCUT2D eigenvalue weighted by molar-refractivity contribution is -0.128. The van der Waals surface area contributed by atoms with E-state index in [0.29, 0.717) is 24.1 Å². The topological polar surface area (TPSA) is 124 Å². The van der Waals surface area contributed by atoms with Crippen LogP contribution in [-0.4, -0.2) is 51.2 Å². The number of carbonyl (C=O) groups excluding carboxylic acids is 2. The fourth-order valence-corrected chi connectivity index (χ4v) is 3.00. The van der Waals surface area contributed by atoms with E-state index < -0.39 is 5.54 Å². The van der Waals surface area contributed by atoms with Crippen LogP contribution in [-0.2, 0) is 16.8 Å². The Hall–Kier alpha value is -3.36. The summed E-state index contributed by atoms with van der Waals surface area (Å²) >= 11 is 0. The van der Waals surface area contributed by atoms with Crippen LogP contribution in [0.5, 0.6) is 5.88 Å². The van der Waals surface area contributed by atoms with Gasteiger partial charge in [0.15, 0.2) is 11.7 Å². The normalized spacial score (nSPS) is 19.0. The van der Waals surface area contributed by atoms with Crippen molar-refractivity contribution >= 4 is 17.6 Å². The first-order valence-electron chi connectivity index (χ1n) is 9.73. The van der Waals surface area contributed by atoms with Gasteiger partial charge in [0.2, 0.25) is 11.8 Å². The summed E-state index contributed by atoms with van der Waals surface area (Å²) in [4.78, 5) is 43.3. The van der Waals surface area contributed by atoms with E-state index in [1.807, 2.05) is 13.8 Å². The number of guanidine groups is 1. The summed E-state index contributed by atoms with van der Waals surface area (Å²) in [6, 6.07) is 3.53. The Morgan fingerprint density at radius 1 is 1.30 bits per heavy atom. The number of hydrogen-bond donors (Lipinski definition) is 1. The third kappa shape index (κ3) is 4.79. The van der Waals surface area contributed by atoms with Crippen molar-refractivity contribution in [2.45, 2.75) is 39.2 Å². The first-order valence-corrected chi connectivity index (χ1v) is 9.73. The Kier molecular flexibility index (Phi) is 6.09. The Morgan fingerprint density at radius 3 is 2.70 bits per heavy atom. The van der Waals surface area contributed by atoms with Crippen molar-refractivity contribution in [3.63, 3.8) is 0 Å². The van der Waals surface area contributed by atoms with Crippen LogP contribution in [0.2, 0.25) is 0 Å². The zero-order chi connectivity index (χ0) is 21.9. The van der Waals surface area contributed by atoms with Crippen LogP contribution in [0.1, 0.15) is 48.9 Å². The highest BCUT2D eigenvalue weighted by atomic mass is 16.5. The molecule has 0 radical (unpaired) electrons. The lowest BCUT2D eigenvalue weighted by atomic mass is 9.90. The molecule has 1 unspecified atom stereocenters. The van der Waals surface area contributed by atoms with E-state index in [-0.39, 0.29) is 36.2 Å². The number of nitrogens with zero attached hydrogens (tertiary/aromatic N) is 5. The summed E-state index contributed by atoms with van der Waals surface area (Å²) < 4.78 is 5.49.